The summed E-state index contributed by atoms with van der Waals surface area (Å²) in [4.78, 5) is 25.8. The largest absolute Gasteiger partial charge is 0.489 e. The van der Waals surface area contributed by atoms with Crippen molar-refractivity contribution in [1.29, 1.82) is 0 Å². The minimum atomic E-state index is -2.68. The number of carbonyl (C=O) groups is 2. The van der Waals surface area contributed by atoms with Crippen LogP contribution >= 0.6 is 0 Å². The number of ketones is 2. The van der Waals surface area contributed by atoms with Crippen molar-refractivity contribution in [1.82, 2.24) is 5.32 Å². The second-order valence-electron chi connectivity index (χ2n) is 9.16. The van der Waals surface area contributed by atoms with E-state index < -0.39 is 11.8 Å². The van der Waals surface area contributed by atoms with Gasteiger partial charge in [-0.1, -0.05) is 37.3 Å². The van der Waals surface area contributed by atoms with Crippen LogP contribution in [0.2, 0.25) is 0 Å². The van der Waals surface area contributed by atoms with Crippen molar-refractivity contribution in [2.45, 2.75) is 63.9 Å². The van der Waals surface area contributed by atoms with E-state index >= 15 is 0 Å². The maximum absolute atomic E-state index is 14.1. The van der Waals surface area contributed by atoms with Crippen LogP contribution in [0.1, 0.15) is 83.7 Å². The minimum Gasteiger partial charge on any atom is -0.489 e. The van der Waals surface area contributed by atoms with E-state index in [9.17, 15) is 18.4 Å². The zero-order valence-electron chi connectivity index (χ0n) is 19.2. The predicted molar refractivity (Wildman–Crippen MR) is 124 cm³/mol. The molecule has 3 atom stereocenters. The highest BCUT2D eigenvalue weighted by Gasteiger charge is 2.41. The summed E-state index contributed by atoms with van der Waals surface area (Å²) < 4.78 is 34.3. The smallest absolute Gasteiger partial charge is 0.253 e. The number of ether oxygens (including phenoxy) is 1. The Bertz CT molecular complexity index is 1020. The van der Waals surface area contributed by atoms with Crippen LogP contribution in [0.5, 0.6) is 5.75 Å². The first-order valence-corrected chi connectivity index (χ1v) is 11.9. The Balaban J connectivity index is 1.58. The van der Waals surface area contributed by atoms with E-state index in [0.29, 0.717) is 42.7 Å². The fourth-order valence-electron chi connectivity index (χ4n) is 5.04. The quantitative estimate of drug-likeness (QED) is 0.512. The monoisotopic (exact) mass is 455 g/mol. The molecule has 1 N–H and O–H groups in total. The molecule has 0 radical (unpaired) electrons. The van der Waals surface area contributed by atoms with E-state index in [1.165, 1.54) is 0 Å². The average molecular weight is 456 g/mol. The van der Waals surface area contributed by atoms with Gasteiger partial charge in [-0.15, -0.1) is 0 Å². The first kappa shape index (κ1) is 23.6. The summed E-state index contributed by atoms with van der Waals surface area (Å²) in [5.74, 6) is -3.14. The summed E-state index contributed by atoms with van der Waals surface area (Å²) in [5.41, 5.74) is 2.80. The van der Waals surface area contributed by atoms with Gasteiger partial charge in [0.1, 0.15) is 11.9 Å². The molecule has 4 rings (SSSR count). The van der Waals surface area contributed by atoms with Gasteiger partial charge >= 0.3 is 0 Å². The molecular weight excluding hydrogens is 424 g/mol. The topological polar surface area (TPSA) is 55.4 Å². The molecule has 2 heterocycles. The number of alkyl halides is 2. The lowest BCUT2D eigenvalue weighted by Crippen LogP contribution is -2.44. The minimum absolute atomic E-state index is 0.0743. The molecule has 33 heavy (non-hydrogen) atoms. The van der Waals surface area contributed by atoms with E-state index in [1.807, 2.05) is 43.3 Å². The fraction of sp³-hybridized carbons (Fsp3) is 0.481. The van der Waals surface area contributed by atoms with Gasteiger partial charge in [-0.25, -0.2) is 8.78 Å². The highest BCUT2D eigenvalue weighted by atomic mass is 19.3. The van der Waals surface area contributed by atoms with Crippen LogP contribution in [-0.2, 0) is 0 Å². The van der Waals surface area contributed by atoms with Crippen LogP contribution < -0.4 is 10.1 Å². The molecule has 2 aromatic carbocycles. The van der Waals surface area contributed by atoms with Crippen molar-refractivity contribution < 1.29 is 23.1 Å². The summed E-state index contributed by atoms with van der Waals surface area (Å²) in [6.45, 7) is 4.37. The van der Waals surface area contributed by atoms with E-state index in [0.717, 1.165) is 11.1 Å². The molecule has 2 aromatic rings. The van der Waals surface area contributed by atoms with Gasteiger partial charge in [0.25, 0.3) is 5.92 Å². The lowest BCUT2D eigenvalue weighted by molar-refractivity contribution is -0.0811. The highest BCUT2D eigenvalue weighted by Crippen LogP contribution is 2.45. The Morgan fingerprint density at radius 1 is 1.15 bits per heavy atom. The fourth-order valence-corrected chi connectivity index (χ4v) is 5.04. The van der Waals surface area contributed by atoms with Crippen LogP contribution in [0.4, 0.5) is 8.78 Å². The maximum Gasteiger partial charge on any atom is 0.253 e. The Morgan fingerprint density at radius 2 is 1.91 bits per heavy atom. The summed E-state index contributed by atoms with van der Waals surface area (Å²) >= 11 is 0. The van der Waals surface area contributed by atoms with E-state index in [2.05, 4.69) is 5.32 Å². The van der Waals surface area contributed by atoms with Crippen LogP contribution in [0, 0.1) is 5.92 Å². The first-order valence-electron chi connectivity index (χ1n) is 11.9. The molecule has 0 aliphatic carbocycles. The number of Topliss-reactive ketones (excluding diaryl/α,β-unsaturated/α-hetero) is 2. The summed E-state index contributed by atoms with van der Waals surface area (Å²) in [6, 6.07) is 13.4. The standard InChI is InChI=1S/C27H31F2NO3/c1-3-23(31)21-14-19(24(32)11-7-10-20-16-30-13-12-27(20,28)29)15-22-25(17(2)33-26(21)22)18-8-5-4-6-9-18/h4-6,8-9,14-15,17,20,25,30H,3,7,10-13,16H2,1-2H3/t17-,20-,25+/m0/s1. The number of hydrogen-bond donors (Lipinski definition) is 1. The third-order valence-corrected chi connectivity index (χ3v) is 6.91. The number of nitrogens with one attached hydrogen (secondary N) is 1. The molecule has 176 valence electrons. The zero-order valence-corrected chi connectivity index (χ0v) is 19.2. The molecule has 1 fully saturated rings. The molecule has 6 heteroatoms. The lowest BCUT2D eigenvalue weighted by atomic mass is 9.85. The number of piperidine rings is 1. The van der Waals surface area contributed by atoms with Gasteiger partial charge in [0.2, 0.25) is 0 Å². The molecule has 4 nitrogen and oxygen atoms in total. The normalized spacial score (nSPS) is 23.6. The molecular formula is C27H31F2NO3. The van der Waals surface area contributed by atoms with Crippen molar-refractivity contribution >= 4 is 11.6 Å². The van der Waals surface area contributed by atoms with Crippen molar-refractivity contribution in [3.8, 4) is 5.75 Å². The molecule has 0 bridgehead atoms. The Kier molecular flexibility index (Phi) is 6.94. The van der Waals surface area contributed by atoms with Crippen molar-refractivity contribution in [2.24, 2.45) is 5.92 Å². The van der Waals surface area contributed by atoms with Gasteiger partial charge in [0, 0.05) is 55.3 Å². The first-order chi connectivity index (χ1) is 15.8. The van der Waals surface area contributed by atoms with E-state index in [1.54, 1.807) is 13.0 Å². The Hall–Kier alpha value is -2.60. The number of rotatable bonds is 8. The van der Waals surface area contributed by atoms with E-state index in [-0.39, 0.29) is 43.0 Å². The average Bonchev–Trinajstić information content (AvgIpc) is 3.14. The Labute approximate surface area is 193 Å². The van der Waals surface area contributed by atoms with Crippen LogP contribution in [0.15, 0.2) is 42.5 Å². The summed E-state index contributed by atoms with van der Waals surface area (Å²) in [5, 5.41) is 3.02. The third-order valence-electron chi connectivity index (χ3n) is 6.91. The highest BCUT2D eigenvalue weighted by molar-refractivity contribution is 6.04. The number of benzene rings is 2. The molecule has 1 saturated heterocycles. The molecule has 0 unspecified atom stereocenters. The molecule has 2 aliphatic heterocycles. The molecule has 0 aromatic heterocycles. The zero-order chi connectivity index (χ0) is 23.6. The molecule has 0 amide bonds. The van der Waals surface area contributed by atoms with Gasteiger partial charge in [0.05, 0.1) is 5.56 Å². The molecule has 0 saturated carbocycles. The molecule has 0 spiro atoms. The predicted octanol–water partition coefficient (Wildman–Crippen LogP) is 5.79. The Morgan fingerprint density at radius 3 is 2.61 bits per heavy atom. The van der Waals surface area contributed by atoms with Crippen LogP contribution in [0.25, 0.3) is 0 Å². The number of fused-ring (bicyclic) bond motifs is 1. The van der Waals surface area contributed by atoms with Gasteiger partial charge in [-0.3, -0.25) is 9.59 Å². The number of carbonyl (C=O) groups excluding carboxylic acids is 2. The molecule has 2 aliphatic rings. The van der Waals surface area contributed by atoms with Crippen LogP contribution in [0.3, 0.4) is 0 Å². The van der Waals surface area contributed by atoms with Crippen molar-refractivity contribution in [3.63, 3.8) is 0 Å². The SMILES string of the molecule is CCC(=O)c1cc(C(=O)CCC[C@H]2CNCCC2(F)F)cc2c1O[C@@H](C)[C@@H]2c1ccccc1. The second-order valence-corrected chi connectivity index (χ2v) is 9.16. The van der Waals surface area contributed by atoms with Crippen molar-refractivity contribution in [2.75, 3.05) is 13.1 Å². The lowest BCUT2D eigenvalue weighted by Gasteiger charge is -2.31. The summed E-state index contributed by atoms with van der Waals surface area (Å²) in [7, 11) is 0. The van der Waals surface area contributed by atoms with Crippen molar-refractivity contribution in [3.05, 3.63) is 64.7 Å². The van der Waals surface area contributed by atoms with Gasteiger partial charge in [0.15, 0.2) is 11.6 Å². The third kappa shape index (κ3) is 4.86. The van der Waals surface area contributed by atoms with E-state index in [4.69, 9.17) is 4.74 Å². The number of halogens is 2. The maximum atomic E-state index is 14.1. The number of hydrogen-bond acceptors (Lipinski definition) is 4. The van der Waals surface area contributed by atoms with Gasteiger partial charge in [-0.05, 0) is 37.5 Å². The second kappa shape index (κ2) is 9.72. The van der Waals surface area contributed by atoms with Gasteiger partial charge < -0.3 is 10.1 Å². The van der Waals surface area contributed by atoms with Crippen LogP contribution in [-0.4, -0.2) is 36.7 Å². The summed E-state index contributed by atoms with van der Waals surface area (Å²) in [6.07, 6.45) is 0.850. The van der Waals surface area contributed by atoms with Gasteiger partial charge in [-0.2, -0.15) is 0 Å².